The third kappa shape index (κ3) is 6.89. The molecule has 0 N–H and O–H groups in total. The summed E-state index contributed by atoms with van der Waals surface area (Å²) in [5.41, 5.74) is -10.0. The number of hydrogen-bond donors (Lipinski definition) is 0. The van der Waals surface area contributed by atoms with Gasteiger partial charge in [-0.1, -0.05) is 38.1 Å². The predicted octanol–water partition coefficient (Wildman–Crippen LogP) is 8.75. The second kappa shape index (κ2) is 10.7. The summed E-state index contributed by atoms with van der Waals surface area (Å²) in [6, 6.07) is 3.58. The first-order chi connectivity index (χ1) is 16.7. The molecule has 0 bridgehead atoms. The summed E-state index contributed by atoms with van der Waals surface area (Å²) >= 11 is 0. The smallest absolute Gasteiger partial charge is 0.351 e. The summed E-state index contributed by atoms with van der Waals surface area (Å²) in [6.45, 7) is 0.504. The Morgan fingerprint density at radius 3 is 1.51 bits per heavy atom. The van der Waals surface area contributed by atoms with E-state index in [2.05, 4.69) is 9.47 Å². The standard InChI is InChI=1S/C23H20F12O2/c1-3-13(2)15-4-6-16(7-5-15)19(22(30,31)32,23(33,34)35)37-12-36-11-14-8-17(20(24,25)26)10-18(9-14)21(27,28)29/h4-10,13H,3,11-12H2,1-2H3. The van der Waals surface area contributed by atoms with Gasteiger partial charge in [-0.2, -0.15) is 52.7 Å². The fraction of sp³-hybridized carbons (Fsp3) is 0.478. The molecule has 1 unspecified atom stereocenters. The van der Waals surface area contributed by atoms with Crippen LogP contribution in [0.25, 0.3) is 0 Å². The molecule has 0 heterocycles. The van der Waals surface area contributed by atoms with Crippen LogP contribution < -0.4 is 0 Å². The Kier molecular flexibility index (Phi) is 8.90. The van der Waals surface area contributed by atoms with E-state index in [0.717, 1.165) is 12.1 Å². The maximum Gasteiger partial charge on any atom is 0.430 e. The fourth-order valence-electron chi connectivity index (χ4n) is 3.41. The van der Waals surface area contributed by atoms with Gasteiger partial charge in [0.15, 0.2) is 0 Å². The number of benzene rings is 2. The molecule has 37 heavy (non-hydrogen) atoms. The van der Waals surface area contributed by atoms with Gasteiger partial charge in [-0.15, -0.1) is 0 Å². The van der Waals surface area contributed by atoms with Crippen LogP contribution in [0.1, 0.15) is 54.0 Å². The van der Waals surface area contributed by atoms with Crippen LogP contribution in [-0.2, 0) is 34.0 Å². The number of rotatable bonds is 8. The van der Waals surface area contributed by atoms with E-state index < -0.39 is 66.0 Å². The van der Waals surface area contributed by atoms with Gasteiger partial charge in [-0.25, -0.2) is 0 Å². The third-order valence-corrected chi connectivity index (χ3v) is 5.57. The van der Waals surface area contributed by atoms with E-state index in [1.165, 1.54) is 0 Å². The summed E-state index contributed by atoms with van der Waals surface area (Å²) in [6.07, 6.45) is -22.0. The van der Waals surface area contributed by atoms with Gasteiger partial charge in [0, 0.05) is 5.56 Å². The molecule has 1 atom stereocenters. The molecule has 0 aliphatic rings. The van der Waals surface area contributed by atoms with Gasteiger partial charge in [0.05, 0.1) is 17.7 Å². The van der Waals surface area contributed by atoms with Crippen molar-refractivity contribution in [1.29, 1.82) is 0 Å². The van der Waals surface area contributed by atoms with Crippen LogP contribution in [0.5, 0.6) is 0 Å². The lowest BCUT2D eigenvalue weighted by Crippen LogP contribution is -2.56. The number of halogens is 12. The molecule has 0 spiro atoms. The lowest BCUT2D eigenvalue weighted by molar-refractivity contribution is -0.402. The molecule has 0 saturated carbocycles. The average Bonchev–Trinajstić information content (AvgIpc) is 2.75. The van der Waals surface area contributed by atoms with Crippen LogP contribution in [0.3, 0.4) is 0 Å². The molecule has 2 aromatic rings. The Morgan fingerprint density at radius 1 is 0.676 bits per heavy atom. The van der Waals surface area contributed by atoms with Crippen LogP contribution in [0.15, 0.2) is 42.5 Å². The second-order valence-electron chi connectivity index (χ2n) is 8.13. The highest BCUT2D eigenvalue weighted by Gasteiger charge is 2.73. The van der Waals surface area contributed by atoms with Gasteiger partial charge in [0.25, 0.3) is 5.60 Å². The normalized spacial score (nSPS) is 14.6. The summed E-state index contributed by atoms with van der Waals surface area (Å²) in [5.74, 6) is -0.168. The first-order valence-corrected chi connectivity index (χ1v) is 10.5. The molecule has 0 saturated heterocycles. The minimum atomic E-state index is -6.06. The molecule has 14 heteroatoms. The van der Waals surface area contributed by atoms with Crippen molar-refractivity contribution in [1.82, 2.24) is 0 Å². The highest BCUT2D eigenvalue weighted by molar-refractivity contribution is 5.34. The molecule has 0 fully saturated rings. The predicted molar refractivity (Wildman–Crippen MR) is 106 cm³/mol. The van der Waals surface area contributed by atoms with Crippen molar-refractivity contribution in [3.8, 4) is 0 Å². The first kappa shape index (κ1) is 30.7. The van der Waals surface area contributed by atoms with E-state index >= 15 is 0 Å². The number of hydrogen-bond acceptors (Lipinski definition) is 2. The SMILES string of the molecule is CCC(C)c1ccc(C(OCOCc2cc(C(F)(F)F)cc(C(F)(F)F)c2)(C(F)(F)F)C(F)(F)F)cc1. The third-order valence-electron chi connectivity index (χ3n) is 5.57. The molecular formula is C23H20F12O2. The molecule has 0 aliphatic carbocycles. The van der Waals surface area contributed by atoms with Crippen LogP contribution >= 0.6 is 0 Å². The lowest BCUT2D eigenvalue weighted by Gasteiger charge is -2.37. The van der Waals surface area contributed by atoms with Crippen molar-refractivity contribution >= 4 is 0 Å². The minimum absolute atomic E-state index is 0.168. The van der Waals surface area contributed by atoms with Gasteiger partial charge in [-0.05, 0) is 41.7 Å². The zero-order valence-corrected chi connectivity index (χ0v) is 19.1. The molecule has 0 aromatic heterocycles. The Bertz CT molecular complexity index is 988. The molecule has 0 radical (unpaired) electrons. The lowest BCUT2D eigenvalue weighted by atomic mass is 9.89. The van der Waals surface area contributed by atoms with E-state index in [1.54, 1.807) is 13.8 Å². The van der Waals surface area contributed by atoms with Crippen molar-refractivity contribution in [2.45, 2.75) is 63.1 Å². The molecule has 2 rings (SSSR count). The number of alkyl halides is 12. The van der Waals surface area contributed by atoms with Crippen molar-refractivity contribution < 1.29 is 62.2 Å². The van der Waals surface area contributed by atoms with Gasteiger partial charge < -0.3 is 9.47 Å². The van der Waals surface area contributed by atoms with Gasteiger partial charge in [-0.3, -0.25) is 0 Å². The first-order valence-electron chi connectivity index (χ1n) is 10.5. The van der Waals surface area contributed by atoms with Crippen molar-refractivity contribution in [2.24, 2.45) is 0 Å². The molecular weight excluding hydrogens is 536 g/mol. The monoisotopic (exact) mass is 556 g/mol. The zero-order chi connectivity index (χ0) is 28.4. The van der Waals surface area contributed by atoms with Crippen LogP contribution in [-0.4, -0.2) is 19.1 Å². The quantitative estimate of drug-likeness (QED) is 0.184. The Labute approximate surface area is 203 Å². The van der Waals surface area contributed by atoms with Gasteiger partial charge in [0.1, 0.15) is 6.79 Å². The van der Waals surface area contributed by atoms with E-state index in [0.29, 0.717) is 24.1 Å². The molecule has 2 nitrogen and oxygen atoms in total. The van der Waals surface area contributed by atoms with Gasteiger partial charge >= 0.3 is 24.7 Å². The van der Waals surface area contributed by atoms with E-state index in [-0.39, 0.29) is 24.1 Å². The fourth-order valence-corrected chi connectivity index (χ4v) is 3.41. The maximum atomic E-state index is 13.9. The average molecular weight is 556 g/mol. The van der Waals surface area contributed by atoms with Crippen molar-refractivity contribution in [2.75, 3.05) is 6.79 Å². The minimum Gasteiger partial charge on any atom is -0.351 e. The second-order valence-corrected chi connectivity index (χ2v) is 8.13. The van der Waals surface area contributed by atoms with Gasteiger partial charge in [0.2, 0.25) is 0 Å². The highest BCUT2D eigenvalue weighted by atomic mass is 19.4. The number of ether oxygens (including phenoxy) is 2. The zero-order valence-electron chi connectivity index (χ0n) is 19.1. The molecule has 0 amide bonds. The Hall–Kier alpha value is -2.48. The maximum absolute atomic E-state index is 13.9. The van der Waals surface area contributed by atoms with Crippen LogP contribution in [0, 0.1) is 0 Å². The van der Waals surface area contributed by atoms with E-state index in [9.17, 15) is 52.7 Å². The van der Waals surface area contributed by atoms with E-state index in [4.69, 9.17) is 0 Å². The molecule has 2 aromatic carbocycles. The van der Waals surface area contributed by atoms with Crippen molar-refractivity contribution in [3.63, 3.8) is 0 Å². The van der Waals surface area contributed by atoms with Crippen LogP contribution in [0.4, 0.5) is 52.7 Å². The summed E-state index contributed by atoms with van der Waals surface area (Å²) in [5, 5.41) is 0. The highest BCUT2D eigenvalue weighted by Crippen LogP contribution is 2.53. The largest absolute Gasteiger partial charge is 0.430 e. The topological polar surface area (TPSA) is 18.5 Å². The Morgan fingerprint density at radius 2 is 1.14 bits per heavy atom. The molecule has 0 aliphatic heterocycles. The molecule has 208 valence electrons. The van der Waals surface area contributed by atoms with E-state index in [1.807, 2.05) is 0 Å². The summed E-state index contributed by atoms with van der Waals surface area (Å²) in [7, 11) is 0. The summed E-state index contributed by atoms with van der Waals surface area (Å²) in [4.78, 5) is 0. The Balaban J connectivity index is 2.36. The van der Waals surface area contributed by atoms with Crippen molar-refractivity contribution in [3.05, 3.63) is 70.3 Å². The van der Waals surface area contributed by atoms with Crippen LogP contribution in [0.2, 0.25) is 0 Å². The summed E-state index contributed by atoms with van der Waals surface area (Å²) < 4.78 is 170.